The molecule has 0 bridgehead atoms. The number of hydrogen-bond acceptors (Lipinski definition) is 5. The van der Waals surface area contributed by atoms with Crippen molar-refractivity contribution in [3.63, 3.8) is 0 Å². The van der Waals surface area contributed by atoms with Crippen molar-refractivity contribution < 1.29 is 14.4 Å². The zero-order valence-electron chi connectivity index (χ0n) is 14.5. The molecule has 0 unspecified atom stereocenters. The molecule has 0 radical (unpaired) electrons. The smallest absolute Gasteiger partial charge is 0.399 e. The number of rotatable bonds is 5. The predicted molar refractivity (Wildman–Crippen MR) is 93.2 cm³/mol. The highest BCUT2D eigenvalue weighted by atomic mass is 16.7. The second-order valence-corrected chi connectivity index (χ2v) is 7.46. The van der Waals surface area contributed by atoms with Gasteiger partial charge in [0.05, 0.1) is 17.8 Å². The van der Waals surface area contributed by atoms with Crippen LogP contribution in [0.25, 0.3) is 0 Å². The first-order valence-electron chi connectivity index (χ1n) is 8.37. The van der Waals surface area contributed by atoms with Crippen LogP contribution in [0.15, 0.2) is 24.3 Å². The van der Waals surface area contributed by atoms with Crippen LogP contribution in [0.2, 0.25) is 0 Å². The Morgan fingerprint density at radius 1 is 1.13 bits per heavy atom. The van der Waals surface area contributed by atoms with Crippen molar-refractivity contribution >= 4 is 18.3 Å². The summed E-state index contributed by atoms with van der Waals surface area (Å²) >= 11 is 0. The van der Waals surface area contributed by atoms with Gasteiger partial charge >= 0.3 is 7.12 Å². The fourth-order valence-corrected chi connectivity index (χ4v) is 2.91. The van der Waals surface area contributed by atoms with E-state index in [0.29, 0.717) is 12.6 Å². The lowest BCUT2D eigenvalue weighted by atomic mass is 9.79. The van der Waals surface area contributed by atoms with Crippen LogP contribution in [0.1, 0.15) is 27.7 Å². The average molecular weight is 318 g/mol. The van der Waals surface area contributed by atoms with Crippen molar-refractivity contribution in [1.29, 1.82) is 0 Å². The number of nitrogens with zero attached hydrogens (tertiary/aromatic N) is 1. The molecule has 0 amide bonds. The summed E-state index contributed by atoms with van der Waals surface area (Å²) in [5, 5.41) is 12.1. The summed E-state index contributed by atoms with van der Waals surface area (Å²) in [4.78, 5) is 2.32. The van der Waals surface area contributed by atoms with Gasteiger partial charge in [0.2, 0.25) is 0 Å². The summed E-state index contributed by atoms with van der Waals surface area (Å²) in [7, 11) is -0.301. The van der Waals surface area contributed by atoms with E-state index in [4.69, 9.17) is 14.4 Å². The summed E-state index contributed by atoms with van der Waals surface area (Å²) in [6.07, 6.45) is 0. The zero-order valence-corrected chi connectivity index (χ0v) is 14.5. The molecule has 0 atom stereocenters. The molecule has 6 heteroatoms. The normalized spacial score (nSPS) is 23.2. The summed E-state index contributed by atoms with van der Waals surface area (Å²) in [6.45, 7) is 11.1. The number of anilines is 1. The molecule has 2 N–H and O–H groups in total. The Morgan fingerprint density at radius 2 is 1.70 bits per heavy atom. The average Bonchev–Trinajstić information content (AvgIpc) is 2.66. The van der Waals surface area contributed by atoms with Crippen LogP contribution in [0.4, 0.5) is 5.69 Å². The minimum atomic E-state index is -0.306. The Bertz CT molecular complexity index is 525. The molecule has 0 spiro atoms. The van der Waals surface area contributed by atoms with Gasteiger partial charge in [-0.1, -0.05) is 12.1 Å². The third-order valence-electron chi connectivity index (χ3n) is 5.21. The predicted octanol–water partition coefficient (Wildman–Crippen LogP) is 0.756. The Labute approximate surface area is 139 Å². The number of nitrogens with one attached hydrogen (secondary N) is 1. The lowest BCUT2D eigenvalue weighted by Crippen LogP contribution is -2.58. The molecule has 3 rings (SSSR count). The third kappa shape index (κ3) is 3.26. The van der Waals surface area contributed by atoms with Gasteiger partial charge in [-0.15, -0.1) is 0 Å². The van der Waals surface area contributed by atoms with Crippen molar-refractivity contribution in [2.24, 2.45) is 0 Å². The largest absolute Gasteiger partial charge is 0.494 e. The van der Waals surface area contributed by atoms with Crippen molar-refractivity contribution in [3.05, 3.63) is 24.3 Å². The van der Waals surface area contributed by atoms with Gasteiger partial charge in [0.25, 0.3) is 0 Å². The van der Waals surface area contributed by atoms with E-state index in [-0.39, 0.29) is 24.9 Å². The molecule has 2 saturated heterocycles. The lowest BCUT2D eigenvalue weighted by Gasteiger charge is -2.41. The van der Waals surface area contributed by atoms with E-state index in [9.17, 15) is 0 Å². The molecule has 2 aliphatic rings. The molecule has 5 nitrogen and oxygen atoms in total. The van der Waals surface area contributed by atoms with Gasteiger partial charge in [-0.3, -0.25) is 0 Å². The lowest BCUT2D eigenvalue weighted by molar-refractivity contribution is 0.00578. The van der Waals surface area contributed by atoms with Gasteiger partial charge in [0, 0.05) is 31.4 Å². The van der Waals surface area contributed by atoms with Gasteiger partial charge < -0.3 is 24.6 Å². The SMILES string of the molecule is CC1(C)OB(c2ccc(N3CC(NCCO)C3)cc2)OC1(C)C. The summed E-state index contributed by atoms with van der Waals surface area (Å²) in [5.41, 5.74) is 1.66. The number of benzene rings is 1. The molecular formula is C17H27BN2O3. The molecule has 1 aromatic carbocycles. The van der Waals surface area contributed by atoms with E-state index >= 15 is 0 Å². The molecule has 126 valence electrons. The van der Waals surface area contributed by atoms with E-state index in [1.165, 1.54) is 5.69 Å². The van der Waals surface area contributed by atoms with E-state index < -0.39 is 0 Å². The molecule has 2 heterocycles. The van der Waals surface area contributed by atoms with Gasteiger partial charge in [-0.05, 0) is 45.3 Å². The highest BCUT2D eigenvalue weighted by molar-refractivity contribution is 6.62. The van der Waals surface area contributed by atoms with Crippen LogP contribution in [0.3, 0.4) is 0 Å². The first kappa shape index (κ1) is 16.8. The molecule has 0 aliphatic carbocycles. The Hall–Kier alpha value is -1.08. The first-order valence-corrected chi connectivity index (χ1v) is 8.37. The Balaban J connectivity index is 1.59. The van der Waals surface area contributed by atoms with Crippen LogP contribution in [0.5, 0.6) is 0 Å². The van der Waals surface area contributed by atoms with E-state index in [2.05, 4.69) is 62.2 Å². The molecule has 23 heavy (non-hydrogen) atoms. The van der Waals surface area contributed by atoms with Gasteiger partial charge in [-0.2, -0.15) is 0 Å². The maximum atomic E-state index is 8.83. The van der Waals surface area contributed by atoms with E-state index in [0.717, 1.165) is 18.6 Å². The molecule has 0 aromatic heterocycles. The van der Waals surface area contributed by atoms with E-state index in [1.54, 1.807) is 0 Å². The second-order valence-electron chi connectivity index (χ2n) is 7.46. The third-order valence-corrected chi connectivity index (χ3v) is 5.21. The summed E-state index contributed by atoms with van der Waals surface area (Å²) in [5.74, 6) is 0. The van der Waals surface area contributed by atoms with Gasteiger partial charge in [0.15, 0.2) is 0 Å². The second kappa shape index (κ2) is 6.09. The minimum Gasteiger partial charge on any atom is -0.399 e. The number of hydrogen-bond donors (Lipinski definition) is 2. The van der Waals surface area contributed by atoms with Crippen molar-refractivity contribution in [1.82, 2.24) is 5.32 Å². The quantitative estimate of drug-likeness (QED) is 0.785. The van der Waals surface area contributed by atoms with Crippen LogP contribution in [-0.2, 0) is 9.31 Å². The molecule has 0 saturated carbocycles. The zero-order chi connectivity index (χ0) is 16.7. The first-order chi connectivity index (χ1) is 10.8. The monoisotopic (exact) mass is 318 g/mol. The number of aliphatic hydroxyl groups excluding tert-OH is 1. The van der Waals surface area contributed by atoms with Crippen LogP contribution in [0, 0.1) is 0 Å². The highest BCUT2D eigenvalue weighted by Crippen LogP contribution is 2.36. The van der Waals surface area contributed by atoms with Crippen LogP contribution < -0.4 is 15.7 Å². The van der Waals surface area contributed by atoms with Gasteiger partial charge in [0.1, 0.15) is 0 Å². The highest BCUT2D eigenvalue weighted by Gasteiger charge is 2.51. The fraction of sp³-hybridized carbons (Fsp3) is 0.647. The molecule has 2 fully saturated rings. The summed E-state index contributed by atoms with van der Waals surface area (Å²) < 4.78 is 12.2. The topological polar surface area (TPSA) is 54.0 Å². The van der Waals surface area contributed by atoms with Crippen LogP contribution >= 0.6 is 0 Å². The van der Waals surface area contributed by atoms with Crippen molar-refractivity contribution in [3.8, 4) is 0 Å². The van der Waals surface area contributed by atoms with Crippen molar-refractivity contribution in [2.75, 3.05) is 31.1 Å². The molecule has 1 aromatic rings. The summed E-state index contributed by atoms with van der Waals surface area (Å²) in [6, 6.07) is 8.91. The minimum absolute atomic E-state index is 0.194. The Morgan fingerprint density at radius 3 is 2.22 bits per heavy atom. The fourth-order valence-electron chi connectivity index (χ4n) is 2.91. The van der Waals surface area contributed by atoms with E-state index in [1.807, 2.05) is 0 Å². The standard InChI is InChI=1S/C17H27BN2O3/c1-16(2)17(3,4)23-18(22-16)13-5-7-15(8-6-13)20-11-14(12-20)19-9-10-21/h5-8,14,19,21H,9-12H2,1-4H3. The molecule has 2 aliphatic heterocycles. The molecular weight excluding hydrogens is 291 g/mol. The maximum absolute atomic E-state index is 8.83. The maximum Gasteiger partial charge on any atom is 0.494 e. The van der Waals surface area contributed by atoms with Crippen molar-refractivity contribution in [2.45, 2.75) is 44.9 Å². The Kier molecular flexibility index (Phi) is 4.44. The number of aliphatic hydroxyl groups is 1. The van der Waals surface area contributed by atoms with Crippen LogP contribution in [-0.4, -0.2) is 55.7 Å². The van der Waals surface area contributed by atoms with Gasteiger partial charge in [-0.25, -0.2) is 0 Å².